The van der Waals surface area contributed by atoms with Crippen LogP contribution in [0.25, 0.3) is 16.2 Å². The molecule has 0 aromatic carbocycles. The molecule has 0 bridgehead atoms. The van der Waals surface area contributed by atoms with Crippen molar-refractivity contribution in [3.63, 3.8) is 0 Å². The second kappa shape index (κ2) is 5.30. The van der Waals surface area contributed by atoms with E-state index in [0.29, 0.717) is 9.39 Å². The van der Waals surface area contributed by atoms with Crippen LogP contribution in [0.1, 0.15) is 29.0 Å². The molecule has 1 amide bonds. The van der Waals surface area contributed by atoms with Crippen molar-refractivity contribution >= 4 is 22.9 Å². The molecule has 3 aromatic heterocycles. The second-order valence-electron chi connectivity index (χ2n) is 5.55. The van der Waals surface area contributed by atoms with Crippen LogP contribution in [0.2, 0.25) is 0 Å². The van der Waals surface area contributed by atoms with E-state index < -0.39 is 17.8 Å². The first-order valence-corrected chi connectivity index (χ1v) is 8.12. The minimum absolute atomic E-state index is 0.00540. The number of rotatable bonds is 3. The average molecular weight is 352 g/mol. The van der Waals surface area contributed by atoms with Gasteiger partial charge in [0.2, 0.25) is 0 Å². The second-order valence-corrected chi connectivity index (χ2v) is 6.50. The number of nitrogens with zero attached hydrogens (tertiary/aromatic N) is 3. The highest BCUT2D eigenvalue weighted by Crippen LogP contribution is 2.33. The van der Waals surface area contributed by atoms with E-state index in [1.54, 1.807) is 17.5 Å². The maximum Gasteiger partial charge on any atom is 0.433 e. The lowest BCUT2D eigenvalue weighted by Gasteiger charge is -2.10. The molecular formula is C15H11F3N4OS. The van der Waals surface area contributed by atoms with Crippen molar-refractivity contribution in [3.05, 3.63) is 41.0 Å². The molecule has 0 aliphatic heterocycles. The molecule has 1 fully saturated rings. The number of nitrogens with one attached hydrogen (secondary N) is 1. The summed E-state index contributed by atoms with van der Waals surface area (Å²) >= 11 is 1.29. The molecule has 0 atom stereocenters. The minimum Gasteiger partial charge on any atom is -0.348 e. The lowest BCUT2D eigenvalue weighted by atomic mass is 10.2. The fourth-order valence-electron chi connectivity index (χ4n) is 2.32. The molecule has 24 heavy (non-hydrogen) atoms. The molecule has 0 unspecified atom stereocenters. The molecule has 1 N–H and O–H groups in total. The van der Waals surface area contributed by atoms with Crippen LogP contribution >= 0.6 is 11.3 Å². The van der Waals surface area contributed by atoms with E-state index in [4.69, 9.17) is 0 Å². The Hall–Kier alpha value is -2.42. The monoisotopic (exact) mass is 352 g/mol. The third kappa shape index (κ3) is 2.75. The molecule has 5 nitrogen and oxygen atoms in total. The Labute approximate surface area is 138 Å². The summed E-state index contributed by atoms with van der Waals surface area (Å²) in [7, 11) is 0. The van der Waals surface area contributed by atoms with E-state index in [-0.39, 0.29) is 23.1 Å². The van der Waals surface area contributed by atoms with Crippen LogP contribution in [0, 0.1) is 0 Å². The number of halogens is 3. The number of alkyl halides is 3. The van der Waals surface area contributed by atoms with Gasteiger partial charge in [-0.2, -0.15) is 18.3 Å². The van der Waals surface area contributed by atoms with Crippen LogP contribution in [-0.2, 0) is 6.18 Å². The zero-order valence-corrected chi connectivity index (χ0v) is 13.0. The molecule has 3 heterocycles. The highest BCUT2D eigenvalue weighted by Gasteiger charge is 2.36. The van der Waals surface area contributed by atoms with Crippen molar-refractivity contribution in [1.29, 1.82) is 0 Å². The molecule has 0 radical (unpaired) electrons. The summed E-state index contributed by atoms with van der Waals surface area (Å²) in [5, 5.41) is 8.28. The van der Waals surface area contributed by atoms with E-state index in [0.717, 1.165) is 18.9 Å². The Morgan fingerprint density at radius 3 is 2.75 bits per heavy atom. The Morgan fingerprint density at radius 1 is 1.33 bits per heavy atom. The van der Waals surface area contributed by atoms with Gasteiger partial charge in [0, 0.05) is 12.1 Å². The lowest BCUT2D eigenvalue weighted by Crippen LogP contribution is -2.25. The van der Waals surface area contributed by atoms with Crippen LogP contribution in [0.3, 0.4) is 0 Å². The number of hydrogen-bond donors (Lipinski definition) is 1. The van der Waals surface area contributed by atoms with E-state index >= 15 is 0 Å². The zero-order chi connectivity index (χ0) is 16.9. The summed E-state index contributed by atoms with van der Waals surface area (Å²) in [4.78, 5) is 16.9. The highest BCUT2D eigenvalue weighted by atomic mass is 32.1. The third-order valence-electron chi connectivity index (χ3n) is 3.64. The maximum absolute atomic E-state index is 13.4. The summed E-state index contributed by atoms with van der Waals surface area (Å²) in [6.07, 6.45) is -2.84. The van der Waals surface area contributed by atoms with Crippen molar-refractivity contribution in [3.8, 4) is 10.6 Å². The summed E-state index contributed by atoms with van der Waals surface area (Å²) in [6.45, 7) is 0. The van der Waals surface area contributed by atoms with E-state index in [2.05, 4.69) is 15.4 Å². The number of hydrogen-bond acceptors (Lipinski definition) is 4. The smallest absolute Gasteiger partial charge is 0.348 e. The van der Waals surface area contributed by atoms with E-state index in [1.165, 1.54) is 17.4 Å². The van der Waals surface area contributed by atoms with Crippen molar-refractivity contribution in [2.75, 3.05) is 0 Å². The first-order valence-electron chi connectivity index (χ1n) is 7.24. The topological polar surface area (TPSA) is 59.3 Å². The SMILES string of the molecule is O=C(NC1CC1)c1cc2nc(-c3cccs3)cc(C(F)(F)F)n2n1. The molecule has 0 saturated heterocycles. The van der Waals surface area contributed by atoms with Crippen LogP contribution in [0.5, 0.6) is 0 Å². The number of carbonyl (C=O) groups excluding carboxylic acids is 1. The summed E-state index contributed by atoms with van der Waals surface area (Å²) in [6, 6.07) is 5.77. The van der Waals surface area contributed by atoms with Gasteiger partial charge < -0.3 is 5.32 Å². The van der Waals surface area contributed by atoms with Gasteiger partial charge in [0.1, 0.15) is 0 Å². The Kier molecular flexibility index (Phi) is 3.34. The van der Waals surface area contributed by atoms with Gasteiger partial charge in [-0.1, -0.05) is 6.07 Å². The van der Waals surface area contributed by atoms with Crippen LogP contribution < -0.4 is 5.32 Å². The summed E-state index contributed by atoms with van der Waals surface area (Å²) < 4.78 is 40.8. The summed E-state index contributed by atoms with van der Waals surface area (Å²) in [5.41, 5.74) is -0.822. The zero-order valence-electron chi connectivity index (χ0n) is 12.2. The fraction of sp³-hybridized carbons (Fsp3) is 0.267. The van der Waals surface area contributed by atoms with Crippen molar-refractivity contribution in [2.45, 2.75) is 25.1 Å². The van der Waals surface area contributed by atoms with Gasteiger partial charge in [-0.05, 0) is 30.4 Å². The van der Waals surface area contributed by atoms with Crippen molar-refractivity contribution in [2.24, 2.45) is 0 Å². The van der Waals surface area contributed by atoms with Gasteiger partial charge in [0.05, 0.1) is 10.6 Å². The average Bonchev–Trinajstić information content (AvgIpc) is 3.04. The van der Waals surface area contributed by atoms with Gasteiger partial charge in [0.25, 0.3) is 5.91 Å². The molecule has 1 aliphatic carbocycles. The fourth-order valence-corrected chi connectivity index (χ4v) is 3.01. The quantitative estimate of drug-likeness (QED) is 0.786. The predicted octanol–water partition coefficient (Wildman–Crippen LogP) is 3.37. The lowest BCUT2D eigenvalue weighted by molar-refractivity contribution is -0.142. The van der Waals surface area contributed by atoms with Gasteiger partial charge in [-0.15, -0.1) is 11.3 Å². The molecule has 1 aliphatic rings. The number of amides is 1. The normalized spacial score (nSPS) is 15.0. The van der Waals surface area contributed by atoms with Gasteiger partial charge >= 0.3 is 6.18 Å². The molecular weight excluding hydrogens is 341 g/mol. The number of aromatic nitrogens is 3. The van der Waals surface area contributed by atoms with Gasteiger partial charge in [0.15, 0.2) is 17.0 Å². The maximum atomic E-state index is 13.4. The largest absolute Gasteiger partial charge is 0.433 e. The number of fused-ring (bicyclic) bond motifs is 1. The highest BCUT2D eigenvalue weighted by molar-refractivity contribution is 7.13. The molecule has 4 rings (SSSR count). The van der Waals surface area contributed by atoms with Crippen molar-refractivity contribution in [1.82, 2.24) is 19.9 Å². The molecule has 1 saturated carbocycles. The van der Waals surface area contributed by atoms with Crippen LogP contribution in [0.4, 0.5) is 13.2 Å². The minimum atomic E-state index is -4.61. The van der Waals surface area contributed by atoms with Crippen molar-refractivity contribution < 1.29 is 18.0 Å². The Bertz CT molecular complexity index is 913. The molecule has 0 spiro atoms. The molecule has 3 aromatic rings. The van der Waals surface area contributed by atoms with Gasteiger partial charge in [-0.3, -0.25) is 4.79 Å². The Balaban J connectivity index is 1.85. The molecule has 9 heteroatoms. The molecule has 124 valence electrons. The Morgan fingerprint density at radius 2 is 2.12 bits per heavy atom. The number of thiophene rings is 1. The first kappa shape index (κ1) is 15.1. The van der Waals surface area contributed by atoms with Crippen LogP contribution in [0.15, 0.2) is 29.6 Å². The van der Waals surface area contributed by atoms with E-state index in [9.17, 15) is 18.0 Å². The van der Waals surface area contributed by atoms with E-state index in [1.807, 2.05) is 0 Å². The first-order chi connectivity index (χ1) is 11.4. The van der Waals surface area contributed by atoms with Gasteiger partial charge in [-0.25, -0.2) is 9.50 Å². The van der Waals surface area contributed by atoms with Crippen LogP contribution in [-0.4, -0.2) is 26.5 Å². The third-order valence-corrected chi connectivity index (χ3v) is 4.53. The summed E-state index contributed by atoms with van der Waals surface area (Å²) in [5.74, 6) is -0.478. The standard InChI is InChI=1S/C15H11F3N4OS/c16-15(17,18)12-6-9(11-2-1-5-24-11)20-13-7-10(21-22(12)13)14(23)19-8-3-4-8/h1-2,5-8H,3-4H2,(H,19,23). The number of carbonyl (C=O) groups is 1. The predicted molar refractivity (Wildman–Crippen MR) is 81.8 cm³/mol.